The summed E-state index contributed by atoms with van der Waals surface area (Å²) in [5.41, 5.74) is 1.82. The maximum Gasteiger partial charge on any atom is 0.246 e. The van der Waals surface area contributed by atoms with E-state index >= 15 is 0 Å². The first-order chi connectivity index (χ1) is 12.6. The fourth-order valence-corrected chi connectivity index (χ4v) is 3.88. The van der Waals surface area contributed by atoms with E-state index in [1.807, 2.05) is 24.1 Å². The minimum atomic E-state index is 0.0384. The summed E-state index contributed by atoms with van der Waals surface area (Å²) >= 11 is 0. The monoisotopic (exact) mass is 352 g/mol. The highest BCUT2D eigenvalue weighted by atomic mass is 16.2. The predicted molar refractivity (Wildman–Crippen MR) is 101 cm³/mol. The number of rotatable bonds is 2. The van der Waals surface area contributed by atoms with Crippen LogP contribution >= 0.6 is 0 Å². The average molecular weight is 352 g/mol. The largest absolute Gasteiger partial charge is 0.356 e. The molecule has 0 spiro atoms. The third-order valence-electron chi connectivity index (χ3n) is 5.17. The lowest BCUT2D eigenvalue weighted by molar-refractivity contribution is -0.117. The molecule has 0 bridgehead atoms. The number of amides is 1. The molecule has 1 unspecified atom stereocenters. The number of nitrogens with zero attached hydrogens (tertiary/aromatic N) is 6. The normalized spacial score (nSPS) is 20.8. The van der Waals surface area contributed by atoms with Crippen molar-refractivity contribution in [3.05, 3.63) is 36.4 Å². The van der Waals surface area contributed by atoms with Gasteiger partial charge in [-0.25, -0.2) is 9.97 Å². The van der Waals surface area contributed by atoms with E-state index in [0.29, 0.717) is 12.5 Å². The molecule has 2 aromatic rings. The molecule has 0 aliphatic carbocycles. The summed E-state index contributed by atoms with van der Waals surface area (Å²) in [7, 11) is 1.92. The number of anilines is 3. The van der Waals surface area contributed by atoms with E-state index in [-0.39, 0.29) is 12.5 Å². The zero-order valence-corrected chi connectivity index (χ0v) is 15.3. The minimum Gasteiger partial charge on any atom is -0.356 e. The Hall–Kier alpha value is -2.70. The molecule has 7 nitrogen and oxygen atoms in total. The Labute approximate surface area is 153 Å². The Morgan fingerprint density at radius 3 is 2.81 bits per heavy atom. The first-order valence-corrected chi connectivity index (χ1v) is 9.14. The number of hydrogen-bond donors (Lipinski definition) is 0. The van der Waals surface area contributed by atoms with Gasteiger partial charge < -0.3 is 14.7 Å². The fourth-order valence-electron chi connectivity index (χ4n) is 3.88. The molecule has 0 saturated carbocycles. The van der Waals surface area contributed by atoms with Crippen molar-refractivity contribution in [3.8, 4) is 0 Å². The molecule has 4 rings (SSSR count). The van der Waals surface area contributed by atoms with Crippen LogP contribution in [-0.2, 0) is 11.3 Å². The van der Waals surface area contributed by atoms with Crippen LogP contribution in [-0.4, -0.2) is 47.5 Å². The number of likely N-dealkylation sites (N-methyl/N-ethyl adjacent to an activating group) is 1. The summed E-state index contributed by atoms with van der Waals surface area (Å²) in [5, 5.41) is 0. The predicted octanol–water partition coefficient (Wildman–Crippen LogP) is 2.09. The Kier molecular flexibility index (Phi) is 4.44. The van der Waals surface area contributed by atoms with Gasteiger partial charge in [0, 0.05) is 26.3 Å². The molecule has 1 amide bonds. The molecule has 1 fully saturated rings. The van der Waals surface area contributed by atoms with Crippen molar-refractivity contribution in [1.29, 1.82) is 0 Å². The molecule has 7 heteroatoms. The van der Waals surface area contributed by atoms with Gasteiger partial charge in [-0.2, -0.15) is 0 Å². The summed E-state index contributed by atoms with van der Waals surface area (Å²) in [5.74, 6) is 2.48. The molecule has 0 radical (unpaired) electrons. The zero-order chi connectivity index (χ0) is 18.1. The highest BCUT2D eigenvalue weighted by Crippen LogP contribution is 2.33. The van der Waals surface area contributed by atoms with Crippen molar-refractivity contribution < 1.29 is 4.79 Å². The van der Waals surface area contributed by atoms with Crippen LogP contribution in [0.2, 0.25) is 0 Å². The van der Waals surface area contributed by atoms with Crippen molar-refractivity contribution in [2.45, 2.75) is 26.3 Å². The lowest BCUT2D eigenvalue weighted by Crippen LogP contribution is -2.37. The second-order valence-corrected chi connectivity index (χ2v) is 7.24. The number of pyridine rings is 1. The van der Waals surface area contributed by atoms with Crippen LogP contribution in [0.25, 0.3) is 0 Å². The third-order valence-corrected chi connectivity index (χ3v) is 5.17. The standard InChI is InChI=1S/C19H24N6O/c1-14-5-4-8-24(10-14)19-16-11-25(15-6-3-7-20-9-15)17(26)12-23(2)18(16)21-13-22-19/h3,6-7,9,13-14H,4-5,8,10-12H2,1-2H3. The molecule has 2 aliphatic rings. The smallest absolute Gasteiger partial charge is 0.246 e. The molecule has 136 valence electrons. The van der Waals surface area contributed by atoms with Gasteiger partial charge in [-0.05, 0) is 30.9 Å². The summed E-state index contributed by atoms with van der Waals surface area (Å²) in [4.78, 5) is 32.2. The van der Waals surface area contributed by atoms with E-state index in [1.54, 1.807) is 23.6 Å². The molecule has 4 heterocycles. The SMILES string of the molecule is CC1CCCN(c2ncnc3c2CN(c2cccnc2)C(=O)CN3C)C1. The summed E-state index contributed by atoms with van der Waals surface area (Å²) < 4.78 is 0. The summed E-state index contributed by atoms with van der Waals surface area (Å²) in [6.45, 7) is 5.02. The molecular formula is C19H24N6O. The van der Waals surface area contributed by atoms with Gasteiger partial charge >= 0.3 is 0 Å². The molecule has 1 atom stereocenters. The Balaban J connectivity index is 1.76. The van der Waals surface area contributed by atoms with Crippen molar-refractivity contribution >= 4 is 23.2 Å². The number of aromatic nitrogens is 3. The molecule has 0 aromatic carbocycles. The van der Waals surface area contributed by atoms with Gasteiger partial charge in [-0.1, -0.05) is 6.92 Å². The van der Waals surface area contributed by atoms with Crippen molar-refractivity contribution in [2.75, 3.05) is 41.4 Å². The van der Waals surface area contributed by atoms with Crippen LogP contribution < -0.4 is 14.7 Å². The third kappa shape index (κ3) is 3.09. The van der Waals surface area contributed by atoms with Gasteiger partial charge in [0.15, 0.2) is 0 Å². The van der Waals surface area contributed by atoms with E-state index in [0.717, 1.165) is 36.0 Å². The van der Waals surface area contributed by atoms with Gasteiger partial charge in [0.05, 0.1) is 30.5 Å². The minimum absolute atomic E-state index is 0.0384. The van der Waals surface area contributed by atoms with Crippen molar-refractivity contribution in [2.24, 2.45) is 5.92 Å². The van der Waals surface area contributed by atoms with Gasteiger partial charge in [-0.15, -0.1) is 0 Å². The highest BCUT2D eigenvalue weighted by Gasteiger charge is 2.30. The van der Waals surface area contributed by atoms with Gasteiger partial charge in [0.1, 0.15) is 18.0 Å². The first kappa shape index (κ1) is 16.8. The summed E-state index contributed by atoms with van der Waals surface area (Å²) in [6, 6.07) is 3.77. The van der Waals surface area contributed by atoms with Crippen LogP contribution in [0.15, 0.2) is 30.9 Å². The van der Waals surface area contributed by atoms with Crippen molar-refractivity contribution in [3.63, 3.8) is 0 Å². The lowest BCUT2D eigenvalue weighted by atomic mass is 10.00. The molecule has 26 heavy (non-hydrogen) atoms. The van der Waals surface area contributed by atoms with Crippen LogP contribution in [0, 0.1) is 5.92 Å². The van der Waals surface area contributed by atoms with Crippen LogP contribution in [0.1, 0.15) is 25.3 Å². The van der Waals surface area contributed by atoms with E-state index < -0.39 is 0 Å². The Morgan fingerprint density at radius 2 is 2.04 bits per heavy atom. The van der Waals surface area contributed by atoms with Crippen LogP contribution in [0.5, 0.6) is 0 Å². The number of fused-ring (bicyclic) bond motifs is 1. The number of piperidine rings is 1. The number of hydrogen-bond acceptors (Lipinski definition) is 6. The van der Waals surface area contributed by atoms with E-state index in [2.05, 4.69) is 26.8 Å². The van der Waals surface area contributed by atoms with Crippen molar-refractivity contribution in [1.82, 2.24) is 15.0 Å². The second kappa shape index (κ2) is 6.90. The average Bonchev–Trinajstić information content (AvgIpc) is 2.78. The maximum atomic E-state index is 12.8. The van der Waals surface area contributed by atoms with Gasteiger partial charge in [0.25, 0.3) is 0 Å². The molecule has 2 aromatic heterocycles. The first-order valence-electron chi connectivity index (χ1n) is 9.14. The fraction of sp³-hybridized carbons (Fsp3) is 0.474. The molecule has 2 aliphatic heterocycles. The quantitative estimate of drug-likeness (QED) is 0.825. The molecule has 1 saturated heterocycles. The zero-order valence-electron chi connectivity index (χ0n) is 15.3. The molecule has 0 N–H and O–H groups in total. The van der Waals surface area contributed by atoms with Crippen LogP contribution in [0.3, 0.4) is 0 Å². The number of carbonyl (C=O) groups is 1. The second-order valence-electron chi connectivity index (χ2n) is 7.24. The van der Waals surface area contributed by atoms with E-state index in [9.17, 15) is 4.79 Å². The Morgan fingerprint density at radius 1 is 1.19 bits per heavy atom. The lowest BCUT2D eigenvalue weighted by Gasteiger charge is -2.34. The topological polar surface area (TPSA) is 65.5 Å². The molecular weight excluding hydrogens is 328 g/mol. The van der Waals surface area contributed by atoms with E-state index in [1.165, 1.54) is 12.8 Å². The number of carbonyl (C=O) groups excluding carboxylic acids is 1. The van der Waals surface area contributed by atoms with E-state index in [4.69, 9.17) is 0 Å². The van der Waals surface area contributed by atoms with Crippen LogP contribution in [0.4, 0.5) is 17.3 Å². The highest BCUT2D eigenvalue weighted by molar-refractivity contribution is 5.97. The summed E-state index contributed by atoms with van der Waals surface area (Å²) in [6.07, 6.45) is 7.49. The van der Waals surface area contributed by atoms with Gasteiger partial charge in [-0.3, -0.25) is 9.78 Å². The van der Waals surface area contributed by atoms with Gasteiger partial charge in [0.2, 0.25) is 5.91 Å². The maximum absolute atomic E-state index is 12.8. The Bertz CT molecular complexity index is 796.